The summed E-state index contributed by atoms with van der Waals surface area (Å²) >= 11 is 11.9. The van der Waals surface area contributed by atoms with E-state index in [4.69, 9.17) is 11.6 Å². The summed E-state index contributed by atoms with van der Waals surface area (Å²) in [6.45, 7) is 0. The second-order valence-electron chi connectivity index (χ2n) is 3.65. The summed E-state index contributed by atoms with van der Waals surface area (Å²) in [5.74, 6) is 0.0409. The van der Waals surface area contributed by atoms with Crippen molar-refractivity contribution in [2.45, 2.75) is 6.36 Å². The largest absolute Gasteiger partial charge is 0.573 e. The van der Waals surface area contributed by atoms with Crippen LogP contribution in [-0.4, -0.2) is 16.3 Å². The Hall–Kier alpha value is -1.06. The van der Waals surface area contributed by atoms with Crippen LogP contribution in [-0.2, 0) is 0 Å². The average molecular weight is 447 g/mol. The molecular formula is C11H5Br2ClF3N3O. The Kier molecular flexibility index (Phi) is 4.95. The molecule has 0 amide bonds. The molecule has 0 aliphatic rings. The molecule has 1 N–H and O–H groups in total. The first-order valence-electron chi connectivity index (χ1n) is 5.25. The van der Waals surface area contributed by atoms with Crippen molar-refractivity contribution < 1.29 is 17.9 Å². The van der Waals surface area contributed by atoms with E-state index in [1.807, 2.05) is 0 Å². The third kappa shape index (κ3) is 4.72. The van der Waals surface area contributed by atoms with Crippen LogP contribution in [0.2, 0.25) is 5.28 Å². The number of nitrogens with one attached hydrogen (secondary N) is 1. The highest BCUT2D eigenvalue weighted by atomic mass is 79.9. The summed E-state index contributed by atoms with van der Waals surface area (Å²) in [5, 5.41) is 2.93. The van der Waals surface area contributed by atoms with Gasteiger partial charge in [-0.15, -0.1) is 13.2 Å². The third-order valence-corrected chi connectivity index (χ3v) is 3.52. The van der Waals surface area contributed by atoms with Gasteiger partial charge in [0.05, 0.1) is 8.95 Å². The van der Waals surface area contributed by atoms with E-state index in [2.05, 4.69) is 51.9 Å². The van der Waals surface area contributed by atoms with E-state index >= 15 is 0 Å². The quantitative estimate of drug-likeness (QED) is 0.649. The molecular weight excluding hydrogens is 442 g/mol. The Morgan fingerprint density at radius 1 is 1.19 bits per heavy atom. The van der Waals surface area contributed by atoms with Crippen molar-refractivity contribution in [1.82, 2.24) is 9.97 Å². The summed E-state index contributed by atoms with van der Waals surface area (Å²) in [5.41, 5.74) is 0.492. The SMILES string of the molecule is FC(F)(F)Oc1ccc(Nc2nc(Cl)ncc2Br)cc1Br. The van der Waals surface area contributed by atoms with Gasteiger partial charge in [0.25, 0.3) is 0 Å². The van der Waals surface area contributed by atoms with Crippen LogP contribution in [0.25, 0.3) is 0 Å². The molecule has 0 aliphatic carbocycles. The van der Waals surface area contributed by atoms with Gasteiger partial charge in [-0.25, -0.2) is 4.98 Å². The van der Waals surface area contributed by atoms with Gasteiger partial charge in [0.2, 0.25) is 5.28 Å². The van der Waals surface area contributed by atoms with E-state index in [1.54, 1.807) is 0 Å². The highest BCUT2D eigenvalue weighted by Gasteiger charge is 2.31. The number of alkyl halides is 3. The van der Waals surface area contributed by atoms with Crippen LogP contribution in [0.1, 0.15) is 0 Å². The molecule has 10 heteroatoms. The number of nitrogens with zero attached hydrogens (tertiary/aromatic N) is 2. The minimum Gasteiger partial charge on any atom is -0.405 e. The molecule has 0 saturated carbocycles. The molecule has 112 valence electrons. The lowest BCUT2D eigenvalue weighted by molar-refractivity contribution is -0.274. The molecule has 1 heterocycles. The lowest BCUT2D eigenvalue weighted by atomic mass is 10.3. The Balaban J connectivity index is 2.22. The summed E-state index contributed by atoms with van der Waals surface area (Å²) in [6, 6.07) is 4.01. The van der Waals surface area contributed by atoms with E-state index in [1.165, 1.54) is 24.4 Å². The van der Waals surface area contributed by atoms with Crippen molar-refractivity contribution in [3.8, 4) is 5.75 Å². The predicted molar refractivity (Wildman–Crippen MR) is 78.8 cm³/mol. The number of aromatic nitrogens is 2. The van der Waals surface area contributed by atoms with Crippen molar-refractivity contribution in [1.29, 1.82) is 0 Å². The first-order valence-corrected chi connectivity index (χ1v) is 7.21. The third-order valence-electron chi connectivity index (χ3n) is 2.14. The van der Waals surface area contributed by atoms with Gasteiger partial charge in [-0.3, -0.25) is 0 Å². The van der Waals surface area contributed by atoms with Crippen LogP contribution in [0.3, 0.4) is 0 Å². The van der Waals surface area contributed by atoms with Crippen molar-refractivity contribution >= 4 is 55.0 Å². The van der Waals surface area contributed by atoms with Crippen LogP contribution in [0.4, 0.5) is 24.7 Å². The minimum atomic E-state index is -4.75. The summed E-state index contributed by atoms with van der Waals surface area (Å²) < 4.78 is 41.1. The Morgan fingerprint density at radius 3 is 2.52 bits per heavy atom. The molecule has 0 saturated heterocycles. The molecule has 4 nitrogen and oxygen atoms in total. The zero-order chi connectivity index (χ0) is 15.6. The smallest absolute Gasteiger partial charge is 0.405 e. The molecule has 21 heavy (non-hydrogen) atoms. The van der Waals surface area contributed by atoms with Crippen LogP contribution < -0.4 is 10.1 Å². The zero-order valence-electron chi connectivity index (χ0n) is 9.88. The molecule has 0 bridgehead atoms. The van der Waals surface area contributed by atoms with Crippen molar-refractivity contribution in [2.75, 3.05) is 5.32 Å². The highest BCUT2D eigenvalue weighted by molar-refractivity contribution is 9.11. The fourth-order valence-corrected chi connectivity index (χ4v) is 2.24. The van der Waals surface area contributed by atoms with Gasteiger partial charge < -0.3 is 10.1 Å². The molecule has 0 spiro atoms. The van der Waals surface area contributed by atoms with Crippen molar-refractivity contribution in [3.05, 3.63) is 38.6 Å². The average Bonchev–Trinajstić information content (AvgIpc) is 2.36. The van der Waals surface area contributed by atoms with Crippen LogP contribution in [0, 0.1) is 0 Å². The number of anilines is 2. The topological polar surface area (TPSA) is 47.0 Å². The Bertz CT molecular complexity index is 670. The van der Waals surface area contributed by atoms with E-state index in [9.17, 15) is 13.2 Å². The zero-order valence-corrected chi connectivity index (χ0v) is 13.8. The standard InChI is InChI=1S/C11H5Br2ClF3N3O/c12-6-3-5(1-2-8(6)21-11(15,16)17)19-9-7(13)4-18-10(14)20-9/h1-4H,(H,18,19,20). The number of rotatable bonds is 3. The minimum absolute atomic E-state index is 0.0387. The Morgan fingerprint density at radius 2 is 1.90 bits per heavy atom. The highest BCUT2D eigenvalue weighted by Crippen LogP contribution is 2.34. The van der Waals surface area contributed by atoms with Crippen LogP contribution >= 0.6 is 43.5 Å². The number of hydrogen-bond acceptors (Lipinski definition) is 4. The number of ether oxygens (including phenoxy) is 1. The maximum atomic E-state index is 12.2. The summed E-state index contributed by atoms with van der Waals surface area (Å²) in [4.78, 5) is 7.72. The van der Waals surface area contributed by atoms with Gasteiger partial charge in [-0.2, -0.15) is 4.98 Å². The van der Waals surface area contributed by atoms with Gasteiger partial charge >= 0.3 is 6.36 Å². The van der Waals surface area contributed by atoms with Crippen molar-refractivity contribution in [2.24, 2.45) is 0 Å². The number of hydrogen-bond donors (Lipinski definition) is 1. The molecule has 0 fully saturated rings. The molecule has 2 aromatic rings. The maximum Gasteiger partial charge on any atom is 0.573 e. The van der Waals surface area contributed by atoms with E-state index in [0.717, 1.165) is 0 Å². The van der Waals surface area contributed by atoms with Gasteiger partial charge in [0.15, 0.2) is 0 Å². The number of benzene rings is 1. The Labute approximate surface area is 138 Å². The van der Waals surface area contributed by atoms with Gasteiger partial charge in [0.1, 0.15) is 11.6 Å². The maximum absolute atomic E-state index is 12.2. The molecule has 0 radical (unpaired) electrons. The fraction of sp³-hybridized carbons (Fsp3) is 0.0909. The second kappa shape index (κ2) is 6.37. The molecule has 0 aliphatic heterocycles. The summed E-state index contributed by atoms with van der Waals surface area (Å²) in [7, 11) is 0. The van der Waals surface area contributed by atoms with Crippen LogP contribution in [0.15, 0.2) is 33.3 Å². The normalized spacial score (nSPS) is 11.3. The van der Waals surface area contributed by atoms with E-state index in [0.29, 0.717) is 16.0 Å². The molecule has 0 unspecified atom stereocenters. The van der Waals surface area contributed by atoms with E-state index in [-0.39, 0.29) is 15.5 Å². The molecule has 1 aromatic carbocycles. The lowest BCUT2D eigenvalue weighted by Crippen LogP contribution is -2.17. The molecule has 2 rings (SSSR count). The molecule has 0 atom stereocenters. The summed E-state index contributed by atoms with van der Waals surface area (Å²) in [6.07, 6.45) is -3.30. The van der Waals surface area contributed by atoms with Gasteiger partial charge in [-0.05, 0) is 61.7 Å². The van der Waals surface area contributed by atoms with Crippen molar-refractivity contribution in [3.63, 3.8) is 0 Å². The van der Waals surface area contributed by atoms with Crippen LogP contribution in [0.5, 0.6) is 5.75 Å². The fourth-order valence-electron chi connectivity index (χ4n) is 1.36. The first kappa shape index (κ1) is 16.3. The van der Waals surface area contributed by atoms with E-state index < -0.39 is 6.36 Å². The number of halogens is 6. The first-order chi connectivity index (χ1) is 9.74. The van der Waals surface area contributed by atoms with Gasteiger partial charge in [0, 0.05) is 11.9 Å². The molecule has 1 aromatic heterocycles. The lowest BCUT2D eigenvalue weighted by Gasteiger charge is -2.12. The monoisotopic (exact) mass is 445 g/mol. The second-order valence-corrected chi connectivity index (χ2v) is 5.70. The van der Waals surface area contributed by atoms with Gasteiger partial charge in [-0.1, -0.05) is 0 Å². The predicted octanol–water partition coefficient (Wildman–Crippen LogP) is 5.30.